The maximum absolute atomic E-state index is 9.56. The first-order chi connectivity index (χ1) is 5.15. The zero-order valence-electron chi connectivity index (χ0n) is 8.05. The molecule has 0 aliphatic carbocycles. The van der Waals surface area contributed by atoms with Gasteiger partial charge in [0.1, 0.15) is 0 Å². The molecule has 0 aromatic carbocycles. The second-order valence-corrected chi connectivity index (χ2v) is 3.84. The molecule has 0 aliphatic rings. The number of hydrogen-bond donors (Lipinski definition) is 0. The fourth-order valence-corrected chi connectivity index (χ4v) is 0.391. The van der Waals surface area contributed by atoms with E-state index in [1.807, 2.05) is 0 Å². The van der Waals surface area contributed by atoms with Gasteiger partial charge in [-0.05, 0) is 12.8 Å². The summed E-state index contributed by atoms with van der Waals surface area (Å²) in [6, 6.07) is 0. The third kappa shape index (κ3) is 39.4. The van der Waals surface area contributed by atoms with Crippen LogP contribution >= 0.6 is 0 Å². The Morgan fingerprint density at radius 3 is 1.55 bits per heavy atom. The van der Waals surface area contributed by atoms with Gasteiger partial charge in [-0.2, -0.15) is 0 Å². The summed E-state index contributed by atoms with van der Waals surface area (Å²) < 4.78 is 14.7. The van der Waals surface area contributed by atoms with E-state index in [1.165, 1.54) is 0 Å². The van der Waals surface area contributed by atoms with Crippen LogP contribution in [0.3, 0.4) is 0 Å². The fourth-order valence-electron chi connectivity index (χ4n) is 0.391. The van der Waals surface area contributed by atoms with Crippen LogP contribution in [-0.2, 0) is 15.5 Å². The van der Waals surface area contributed by atoms with E-state index in [4.69, 9.17) is 4.74 Å². The Bertz CT molecular complexity index is 76.2. The van der Waals surface area contributed by atoms with E-state index in [1.54, 1.807) is 12.5 Å². The van der Waals surface area contributed by atoms with Crippen LogP contribution in [0.15, 0.2) is 0 Å². The van der Waals surface area contributed by atoms with Crippen molar-refractivity contribution in [3.05, 3.63) is 0 Å². The average molecular weight is 180 g/mol. The lowest BCUT2D eigenvalue weighted by Crippen LogP contribution is -1.92. The SMILES string of the molecule is CCCOCCC.CS(C)=O. The summed E-state index contributed by atoms with van der Waals surface area (Å²) in [5.41, 5.74) is 0. The van der Waals surface area contributed by atoms with Gasteiger partial charge in [-0.15, -0.1) is 0 Å². The predicted octanol–water partition coefficient (Wildman–Crippen LogP) is 1.82. The standard InChI is InChI=1S/C6H14O.C2H6OS/c1-3-5-7-6-4-2;1-4(2)3/h3-6H2,1-2H3;1-2H3. The summed E-state index contributed by atoms with van der Waals surface area (Å²) >= 11 is 0. The Morgan fingerprint density at radius 2 is 1.36 bits per heavy atom. The van der Waals surface area contributed by atoms with E-state index in [0.717, 1.165) is 26.1 Å². The van der Waals surface area contributed by atoms with Gasteiger partial charge < -0.3 is 4.74 Å². The molecule has 0 aliphatic heterocycles. The van der Waals surface area contributed by atoms with Gasteiger partial charge in [0.25, 0.3) is 0 Å². The molecule has 0 rings (SSSR count). The van der Waals surface area contributed by atoms with E-state index in [2.05, 4.69) is 13.8 Å². The fraction of sp³-hybridized carbons (Fsp3) is 1.00. The quantitative estimate of drug-likeness (QED) is 0.617. The van der Waals surface area contributed by atoms with Gasteiger partial charge in [-0.3, -0.25) is 4.21 Å². The summed E-state index contributed by atoms with van der Waals surface area (Å²) in [6.07, 6.45) is 5.56. The van der Waals surface area contributed by atoms with Crippen molar-refractivity contribution in [2.24, 2.45) is 0 Å². The first-order valence-corrected chi connectivity index (χ1v) is 5.94. The highest BCUT2D eigenvalue weighted by atomic mass is 32.2. The minimum absolute atomic E-state index is 0.611. The van der Waals surface area contributed by atoms with Gasteiger partial charge in [-0.1, -0.05) is 13.8 Å². The van der Waals surface area contributed by atoms with Crippen LogP contribution in [0.25, 0.3) is 0 Å². The molecule has 0 saturated carbocycles. The highest BCUT2D eigenvalue weighted by Crippen LogP contribution is 1.81. The Labute approximate surface area is 72.8 Å². The summed E-state index contributed by atoms with van der Waals surface area (Å²) in [5.74, 6) is 0. The summed E-state index contributed by atoms with van der Waals surface area (Å²) in [4.78, 5) is 0. The lowest BCUT2D eigenvalue weighted by Gasteiger charge is -1.95. The van der Waals surface area contributed by atoms with Crippen molar-refractivity contribution in [2.45, 2.75) is 26.7 Å². The van der Waals surface area contributed by atoms with E-state index < -0.39 is 10.8 Å². The molecule has 2 nitrogen and oxygen atoms in total. The summed E-state index contributed by atoms with van der Waals surface area (Å²) in [5, 5.41) is 0. The molecule has 70 valence electrons. The van der Waals surface area contributed by atoms with Gasteiger partial charge in [0.15, 0.2) is 0 Å². The first-order valence-electron chi connectivity index (χ1n) is 3.97. The average Bonchev–Trinajstić information content (AvgIpc) is 1.88. The number of ether oxygens (including phenoxy) is 1. The summed E-state index contributed by atoms with van der Waals surface area (Å²) in [6.45, 7) is 6.09. The third-order valence-electron chi connectivity index (χ3n) is 0.697. The Morgan fingerprint density at radius 1 is 1.09 bits per heavy atom. The lowest BCUT2D eigenvalue weighted by atomic mass is 10.5. The normalized spacial score (nSPS) is 9.18. The van der Waals surface area contributed by atoms with Gasteiger partial charge in [0, 0.05) is 36.5 Å². The molecular formula is C8H20O2S. The molecule has 0 atom stereocenters. The van der Waals surface area contributed by atoms with Crippen molar-refractivity contribution in [3.8, 4) is 0 Å². The van der Waals surface area contributed by atoms with Crippen LogP contribution in [0.2, 0.25) is 0 Å². The molecule has 0 spiro atoms. The highest BCUT2D eigenvalue weighted by Gasteiger charge is 1.77. The van der Waals surface area contributed by atoms with Crippen molar-refractivity contribution in [1.82, 2.24) is 0 Å². The van der Waals surface area contributed by atoms with Crippen LogP contribution in [-0.4, -0.2) is 29.9 Å². The predicted molar refractivity (Wildman–Crippen MR) is 51.4 cm³/mol. The molecule has 0 unspecified atom stereocenters. The van der Waals surface area contributed by atoms with Crippen molar-refractivity contribution >= 4 is 10.8 Å². The van der Waals surface area contributed by atoms with E-state index >= 15 is 0 Å². The third-order valence-corrected chi connectivity index (χ3v) is 0.697. The monoisotopic (exact) mass is 180 g/mol. The van der Waals surface area contributed by atoms with E-state index in [0.29, 0.717) is 0 Å². The molecule has 0 aromatic rings. The van der Waals surface area contributed by atoms with Gasteiger partial charge in [0.05, 0.1) is 0 Å². The number of hydrogen-bond acceptors (Lipinski definition) is 2. The molecule has 0 aromatic heterocycles. The Hall–Kier alpha value is 0.110. The Kier molecular flexibility index (Phi) is 15.9. The van der Waals surface area contributed by atoms with Crippen LogP contribution in [0.5, 0.6) is 0 Å². The maximum atomic E-state index is 9.56. The molecule has 11 heavy (non-hydrogen) atoms. The van der Waals surface area contributed by atoms with E-state index in [-0.39, 0.29) is 0 Å². The molecule has 0 amide bonds. The molecule has 0 N–H and O–H groups in total. The topological polar surface area (TPSA) is 26.3 Å². The lowest BCUT2D eigenvalue weighted by molar-refractivity contribution is 0.135. The van der Waals surface area contributed by atoms with Gasteiger partial charge >= 0.3 is 0 Å². The molecule has 0 radical (unpaired) electrons. The first kappa shape index (κ1) is 13.7. The molecule has 3 heteroatoms. The van der Waals surface area contributed by atoms with Crippen LogP contribution < -0.4 is 0 Å². The smallest absolute Gasteiger partial charge is 0.0463 e. The molecule has 0 fully saturated rings. The van der Waals surface area contributed by atoms with Crippen LogP contribution in [0, 0.1) is 0 Å². The minimum atomic E-state index is -0.611. The van der Waals surface area contributed by atoms with Crippen molar-refractivity contribution < 1.29 is 8.95 Å². The molecule has 0 heterocycles. The van der Waals surface area contributed by atoms with Crippen LogP contribution in [0.4, 0.5) is 0 Å². The highest BCUT2D eigenvalue weighted by molar-refractivity contribution is 7.83. The van der Waals surface area contributed by atoms with Gasteiger partial charge in [0.2, 0.25) is 0 Å². The zero-order valence-corrected chi connectivity index (χ0v) is 8.87. The van der Waals surface area contributed by atoms with Gasteiger partial charge in [-0.25, -0.2) is 0 Å². The minimum Gasteiger partial charge on any atom is -0.381 e. The Balaban J connectivity index is 0. The van der Waals surface area contributed by atoms with Crippen molar-refractivity contribution in [1.29, 1.82) is 0 Å². The molecule has 0 bridgehead atoms. The second-order valence-electron chi connectivity index (χ2n) is 2.35. The van der Waals surface area contributed by atoms with Crippen molar-refractivity contribution in [2.75, 3.05) is 25.7 Å². The zero-order chi connectivity index (χ0) is 9.11. The maximum Gasteiger partial charge on any atom is 0.0463 e. The van der Waals surface area contributed by atoms with Crippen LogP contribution in [0.1, 0.15) is 26.7 Å². The number of rotatable bonds is 4. The summed E-state index contributed by atoms with van der Waals surface area (Å²) in [7, 11) is -0.611. The molecular weight excluding hydrogens is 160 g/mol. The second kappa shape index (κ2) is 12.8. The van der Waals surface area contributed by atoms with Crippen molar-refractivity contribution in [3.63, 3.8) is 0 Å². The largest absolute Gasteiger partial charge is 0.381 e. The van der Waals surface area contributed by atoms with E-state index in [9.17, 15) is 4.21 Å². The molecule has 0 saturated heterocycles.